The maximum absolute atomic E-state index is 11.8. The average Bonchev–Trinajstić information content (AvgIpc) is 2.37. The maximum atomic E-state index is 11.8. The Balaban J connectivity index is 3.00. The van der Waals surface area contributed by atoms with Gasteiger partial charge in [0.1, 0.15) is 6.61 Å². The van der Waals surface area contributed by atoms with E-state index in [-0.39, 0.29) is 13.1 Å². The highest BCUT2D eigenvalue weighted by Gasteiger charge is 2.39. The summed E-state index contributed by atoms with van der Waals surface area (Å²) in [5.41, 5.74) is -1.23. The van der Waals surface area contributed by atoms with Crippen molar-refractivity contribution in [1.82, 2.24) is 0 Å². The lowest BCUT2D eigenvalue weighted by Crippen LogP contribution is -2.37. The van der Waals surface area contributed by atoms with Gasteiger partial charge in [-0.2, -0.15) is 0 Å². The molecule has 0 amide bonds. The summed E-state index contributed by atoms with van der Waals surface area (Å²) in [5, 5.41) is 0. The third-order valence-corrected chi connectivity index (χ3v) is 2.15. The van der Waals surface area contributed by atoms with Crippen molar-refractivity contribution in [1.29, 1.82) is 0 Å². The molecule has 0 N–H and O–H groups in total. The molecule has 0 aliphatic heterocycles. The Labute approximate surface area is 99.8 Å². The van der Waals surface area contributed by atoms with Crippen LogP contribution >= 0.6 is 0 Å². The number of ether oxygens (including phenoxy) is 2. The van der Waals surface area contributed by atoms with Crippen LogP contribution in [-0.4, -0.2) is 19.0 Å². The summed E-state index contributed by atoms with van der Waals surface area (Å²) in [5.74, 6) is -0.740. The van der Waals surface area contributed by atoms with Crippen LogP contribution in [0.4, 0.5) is 0 Å². The summed E-state index contributed by atoms with van der Waals surface area (Å²) in [6.45, 7) is 7.25. The minimum atomic E-state index is -1.67. The van der Waals surface area contributed by atoms with Crippen LogP contribution in [0.2, 0.25) is 0 Å². The molecular weight excluding hydrogens is 220 g/mol. The average molecular weight is 233 g/mol. The Hall–Kier alpha value is -2.10. The molecule has 0 saturated heterocycles. The van der Waals surface area contributed by atoms with Gasteiger partial charge in [0.2, 0.25) is 5.60 Å². The van der Waals surface area contributed by atoms with Crippen LogP contribution in [-0.2, 0) is 24.7 Å². The number of benzene rings is 1. The molecule has 1 aromatic rings. The molecule has 1 rings (SSSR count). The van der Waals surface area contributed by atoms with E-state index >= 15 is 0 Å². The first kappa shape index (κ1) is 13.0. The minimum absolute atomic E-state index is 0.0329. The summed E-state index contributed by atoms with van der Waals surface area (Å²) in [6.07, 6.45) is 1.42. The number of hydrogen-bond donors (Lipinski definition) is 0. The Morgan fingerprint density at radius 1 is 1.35 bits per heavy atom. The van der Waals surface area contributed by atoms with Gasteiger partial charge in [-0.05, 0) is 0 Å². The van der Waals surface area contributed by atoms with Crippen molar-refractivity contribution in [2.45, 2.75) is 5.60 Å². The number of rotatable bonds is 6. The van der Waals surface area contributed by atoms with Gasteiger partial charge in [0, 0.05) is 12.5 Å². The Morgan fingerprint density at radius 3 is 2.53 bits per heavy atom. The second-order valence-electron chi connectivity index (χ2n) is 3.29. The van der Waals surface area contributed by atoms with Crippen LogP contribution < -0.4 is 0 Å². The highest BCUT2D eigenvalue weighted by molar-refractivity contribution is 5.83. The molecule has 0 bridgehead atoms. The fraction of sp³-hybridized carbons (Fsp3) is 0.154. The predicted octanol–water partition coefficient (Wildman–Crippen LogP) is 1.62. The topological polar surface area (TPSA) is 52.6 Å². The van der Waals surface area contributed by atoms with Crippen LogP contribution in [0.1, 0.15) is 5.56 Å². The Bertz CT molecular complexity index is 399. The van der Waals surface area contributed by atoms with Gasteiger partial charge in [0.25, 0.3) is 6.47 Å². The van der Waals surface area contributed by atoms with Crippen LogP contribution in [0.5, 0.6) is 0 Å². The molecule has 0 aliphatic rings. The number of hydrogen-bond acceptors (Lipinski definition) is 4. The van der Waals surface area contributed by atoms with Crippen molar-refractivity contribution in [3.05, 3.63) is 55.5 Å². The Kier molecular flexibility index (Phi) is 4.46. The smallest absolute Gasteiger partial charge is 0.355 e. The first-order chi connectivity index (χ1) is 8.15. The van der Waals surface area contributed by atoms with Gasteiger partial charge < -0.3 is 9.47 Å². The second-order valence-corrected chi connectivity index (χ2v) is 3.29. The molecule has 1 unspecified atom stereocenters. The molecule has 1 atom stereocenters. The van der Waals surface area contributed by atoms with E-state index in [9.17, 15) is 9.59 Å². The fourth-order valence-electron chi connectivity index (χ4n) is 1.27. The first-order valence-electron chi connectivity index (χ1n) is 4.95. The van der Waals surface area contributed by atoms with Gasteiger partial charge in [-0.25, -0.2) is 4.79 Å². The molecule has 4 heteroatoms. The first-order valence-corrected chi connectivity index (χ1v) is 4.95. The molecule has 0 aromatic heterocycles. The van der Waals surface area contributed by atoms with Crippen LogP contribution in [0.25, 0.3) is 0 Å². The van der Waals surface area contributed by atoms with Gasteiger partial charge >= 0.3 is 5.97 Å². The van der Waals surface area contributed by atoms with E-state index in [4.69, 9.17) is 9.47 Å². The molecule has 4 nitrogen and oxygen atoms in total. The number of esters is 1. The van der Waals surface area contributed by atoms with E-state index in [2.05, 4.69) is 13.5 Å². The van der Waals surface area contributed by atoms with Gasteiger partial charge in [-0.1, -0.05) is 43.0 Å². The largest absolute Gasteiger partial charge is 0.458 e. The zero-order valence-corrected chi connectivity index (χ0v) is 9.30. The number of carbonyl (C=O) groups is 2. The predicted molar refractivity (Wildman–Crippen MR) is 61.8 cm³/mol. The molecule has 0 heterocycles. The van der Waals surface area contributed by atoms with Crippen LogP contribution in [0.15, 0.2) is 43.0 Å². The van der Waals surface area contributed by atoms with E-state index in [0.29, 0.717) is 5.56 Å². The zero-order chi connectivity index (χ0) is 12.7. The number of carbonyl (C=O) groups excluding carboxylic acids is 2. The lowest BCUT2D eigenvalue weighted by molar-refractivity contribution is -0.170. The van der Waals surface area contributed by atoms with Crippen molar-refractivity contribution in [2.75, 3.05) is 6.61 Å². The Morgan fingerprint density at radius 2 is 2.00 bits per heavy atom. The molecule has 0 aliphatic carbocycles. The molecule has 1 aromatic carbocycles. The van der Waals surface area contributed by atoms with E-state index < -0.39 is 11.6 Å². The van der Waals surface area contributed by atoms with Gasteiger partial charge in [-0.3, -0.25) is 4.79 Å². The molecule has 0 spiro atoms. The molecule has 17 heavy (non-hydrogen) atoms. The zero-order valence-electron chi connectivity index (χ0n) is 9.30. The van der Waals surface area contributed by atoms with Gasteiger partial charge in [-0.15, -0.1) is 0 Å². The van der Waals surface area contributed by atoms with Crippen molar-refractivity contribution < 1.29 is 19.1 Å². The SMILES string of the molecule is [CH2]C(OC=O)(C(=O)OCC=C)c1ccccc1. The monoisotopic (exact) mass is 233 g/mol. The molecule has 1 radical (unpaired) electrons. The highest BCUT2D eigenvalue weighted by atomic mass is 16.6. The quantitative estimate of drug-likeness (QED) is 0.425. The normalized spacial score (nSPS) is 13.2. The van der Waals surface area contributed by atoms with Crippen molar-refractivity contribution in [2.24, 2.45) is 0 Å². The molecule has 0 fully saturated rings. The minimum Gasteiger partial charge on any atom is -0.458 e. The van der Waals surface area contributed by atoms with Crippen molar-refractivity contribution in [3.8, 4) is 0 Å². The standard InChI is InChI=1S/C13H13O4/c1-3-9-16-12(15)13(2,17-10-14)11-7-5-4-6-8-11/h3-8,10H,1-2,9H2. The fourth-order valence-corrected chi connectivity index (χ4v) is 1.27. The summed E-state index contributed by atoms with van der Waals surface area (Å²) < 4.78 is 9.63. The summed E-state index contributed by atoms with van der Waals surface area (Å²) in [7, 11) is 0. The molecular formula is C13H13O4. The van der Waals surface area contributed by atoms with Gasteiger partial charge in [0.05, 0.1) is 0 Å². The summed E-state index contributed by atoms with van der Waals surface area (Å²) in [6, 6.07) is 8.46. The van der Waals surface area contributed by atoms with E-state index in [1.165, 1.54) is 6.08 Å². The van der Waals surface area contributed by atoms with E-state index in [0.717, 1.165) is 0 Å². The maximum Gasteiger partial charge on any atom is 0.355 e. The highest BCUT2D eigenvalue weighted by Crippen LogP contribution is 2.25. The van der Waals surface area contributed by atoms with E-state index in [1.807, 2.05) is 0 Å². The van der Waals surface area contributed by atoms with Crippen LogP contribution in [0.3, 0.4) is 0 Å². The lowest BCUT2D eigenvalue weighted by atomic mass is 9.96. The molecule has 89 valence electrons. The summed E-state index contributed by atoms with van der Waals surface area (Å²) in [4.78, 5) is 22.3. The lowest BCUT2D eigenvalue weighted by Gasteiger charge is -2.25. The molecule has 0 saturated carbocycles. The third kappa shape index (κ3) is 2.93. The summed E-state index contributed by atoms with van der Waals surface area (Å²) >= 11 is 0. The second kappa shape index (κ2) is 5.84. The van der Waals surface area contributed by atoms with Crippen LogP contribution in [0, 0.1) is 6.92 Å². The van der Waals surface area contributed by atoms with Crippen molar-refractivity contribution >= 4 is 12.4 Å². The van der Waals surface area contributed by atoms with Gasteiger partial charge in [0.15, 0.2) is 0 Å². The van der Waals surface area contributed by atoms with E-state index in [1.54, 1.807) is 30.3 Å². The van der Waals surface area contributed by atoms with Crippen molar-refractivity contribution in [3.63, 3.8) is 0 Å². The third-order valence-electron chi connectivity index (χ3n) is 2.15.